The molecule has 0 atom stereocenters. The number of piperidine rings is 1. The first-order valence-electron chi connectivity index (χ1n) is 7.09. The van der Waals surface area contributed by atoms with Crippen LogP contribution in [0.2, 0.25) is 0 Å². The van der Waals surface area contributed by atoms with E-state index in [1.807, 2.05) is 0 Å². The summed E-state index contributed by atoms with van der Waals surface area (Å²) in [4.78, 5) is 4.04. The van der Waals surface area contributed by atoms with E-state index < -0.39 is 10.0 Å². The average Bonchev–Trinajstić information content (AvgIpc) is 2.48. The molecule has 1 aliphatic rings. The Morgan fingerprint density at radius 1 is 1.35 bits per heavy atom. The summed E-state index contributed by atoms with van der Waals surface area (Å²) in [6.07, 6.45) is 5.79. The number of pyridine rings is 1. The maximum absolute atomic E-state index is 12.5. The quantitative estimate of drug-likeness (QED) is 0.785. The van der Waals surface area contributed by atoms with Gasteiger partial charge in [-0.2, -0.15) is 4.31 Å². The molecule has 1 aromatic rings. The molecule has 0 amide bonds. The van der Waals surface area contributed by atoms with Gasteiger partial charge in [-0.3, -0.25) is 0 Å². The fourth-order valence-electron chi connectivity index (χ4n) is 2.62. The van der Waals surface area contributed by atoms with Gasteiger partial charge in [0.15, 0.2) is 5.03 Å². The minimum atomic E-state index is -3.45. The highest BCUT2D eigenvalue weighted by molar-refractivity contribution is 7.89. The Morgan fingerprint density at radius 3 is 2.55 bits per heavy atom. The lowest BCUT2D eigenvalue weighted by Gasteiger charge is -2.30. The van der Waals surface area contributed by atoms with Crippen molar-refractivity contribution in [2.24, 2.45) is 5.92 Å². The molecule has 2 rings (SSSR count). The predicted octanol–water partition coefficient (Wildman–Crippen LogP) is 3.02. The van der Waals surface area contributed by atoms with Crippen LogP contribution in [0.5, 0.6) is 0 Å². The summed E-state index contributed by atoms with van der Waals surface area (Å²) in [5, 5.41) is 0.125. The van der Waals surface area contributed by atoms with Crippen LogP contribution in [0.3, 0.4) is 0 Å². The molecule has 0 aromatic carbocycles. The molecule has 1 aliphatic heterocycles. The molecule has 1 fully saturated rings. The van der Waals surface area contributed by atoms with Gasteiger partial charge in [0.25, 0.3) is 10.0 Å². The van der Waals surface area contributed by atoms with Gasteiger partial charge >= 0.3 is 0 Å². The van der Waals surface area contributed by atoms with E-state index in [1.54, 1.807) is 16.4 Å². The highest BCUT2D eigenvalue weighted by atomic mass is 35.5. The molecule has 2 heterocycles. The van der Waals surface area contributed by atoms with Crippen LogP contribution in [0.4, 0.5) is 0 Å². The third-order valence-corrected chi connectivity index (χ3v) is 5.95. The van der Waals surface area contributed by atoms with Crippen LogP contribution in [-0.4, -0.2) is 30.8 Å². The van der Waals surface area contributed by atoms with E-state index >= 15 is 0 Å². The SMILES string of the molecule is CCCC1CCN(S(=O)(=O)c2ccc(CCl)cn2)CC1. The number of hydrogen-bond donors (Lipinski definition) is 0. The van der Waals surface area contributed by atoms with Crippen molar-refractivity contribution in [3.63, 3.8) is 0 Å². The van der Waals surface area contributed by atoms with Crippen LogP contribution in [-0.2, 0) is 15.9 Å². The monoisotopic (exact) mass is 316 g/mol. The van der Waals surface area contributed by atoms with Gasteiger partial charge in [-0.1, -0.05) is 25.8 Å². The Morgan fingerprint density at radius 2 is 2.05 bits per heavy atom. The Bertz CT molecular complexity index is 523. The van der Waals surface area contributed by atoms with Gasteiger partial charge in [0.1, 0.15) is 0 Å². The molecule has 0 aliphatic carbocycles. The predicted molar refractivity (Wildman–Crippen MR) is 80.2 cm³/mol. The third kappa shape index (κ3) is 3.51. The van der Waals surface area contributed by atoms with Gasteiger partial charge in [-0.25, -0.2) is 13.4 Å². The molecule has 0 spiro atoms. The molecule has 1 aromatic heterocycles. The number of hydrogen-bond acceptors (Lipinski definition) is 3. The molecular weight excluding hydrogens is 296 g/mol. The van der Waals surface area contributed by atoms with Crippen molar-refractivity contribution >= 4 is 21.6 Å². The summed E-state index contributed by atoms with van der Waals surface area (Å²) in [5.74, 6) is 1.01. The second-order valence-corrected chi connectivity index (χ2v) is 7.43. The van der Waals surface area contributed by atoms with Crippen molar-refractivity contribution < 1.29 is 8.42 Å². The summed E-state index contributed by atoms with van der Waals surface area (Å²) in [6, 6.07) is 3.27. The summed E-state index contributed by atoms with van der Waals surface area (Å²) >= 11 is 5.69. The maximum Gasteiger partial charge on any atom is 0.260 e. The minimum Gasteiger partial charge on any atom is -0.243 e. The van der Waals surface area contributed by atoms with E-state index in [-0.39, 0.29) is 5.03 Å². The van der Waals surface area contributed by atoms with Crippen molar-refractivity contribution in [2.45, 2.75) is 43.5 Å². The summed E-state index contributed by atoms with van der Waals surface area (Å²) in [7, 11) is -3.45. The lowest BCUT2D eigenvalue weighted by Crippen LogP contribution is -2.38. The third-order valence-electron chi connectivity index (χ3n) is 3.83. The molecule has 0 saturated carbocycles. The zero-order valence-electron chi connectivity index (χ0n) is 11.8. The maximum atomic E-state index is 12.5. The molecule has 1 saturated heterocycles. The van der Waals surface area contributed by atoms with E-state index in [2.05, 4.69) is 11.9 Å². The van der Waals surface area contributed by atoms with Crippen LogP contribution in [0.1, 0.15) is 38.2 Å². The number of alkyl halides is 1. The molecule has 0 N–H and O–H groups in total. The summed E-state index contributed by atoms with van der Waals surface area (Å²) in [6.45, 7) is 3.38. The lowest BCUT2D eigenvalue weighted by molar-refractivity contribution is 0.262. The number of rotatable bonds is 5. The molecule has 4 nitrogen and oxygen atoms in total. The Balaban J connectivity index is 2.07. The van der Waals surface area contributed by atoms with Crippen LogP contribution in [0.15, 0.2) is 23.4 Å². The van der Waals surface area contributed by atoms with Gasteiger partial charge < -0.3 is 0 Å². The topological polar surface area (TPSA) is 50.3 Å². The first-order valence-corrected chi connectivity index (χ1v) is 9.06. The van der Waals surface area contributed by atoms with E-state index in [1.165, 1.54) is 19.0 Å². The molecule has 0 bridgehead atoms. The largest absolute Gasteiger partial charge is 0.260 e. The minimum absolute atomic E-state index is 0.125. The number of sulfonamides is 1. The van der Waals surface area contributed by atoms with E-state index in [0.717, 1.165) is 18.4 Å². The first kappa shape index (κ1) is 15.7. The van der Waals surface area contributed by atoms with Gasteiger partial charge in [0, 0.05) is 25.2 Å². The average molecular weight is 317 g/mol. The zero-order valence-corrected chi connectivity index (χ0v) is 13.3. The second-order valence-electron chi connectivity index (χ2n) is 5.27. The van der Waals surface area contributed by atoms with Gasteiger partial charge in [-0.05, 0) is 30.4 Å². The molecule has 0 unspecified atom stereocenters. The molecule has 0 radical (unpaired) electrons. The fourth-order valence-corrected chi connectivity index (χ4v) is 4.16. The van der Waals surface area contributed by atoms with Crippen molar-refractivity contribution in [1.29, 1.82) is 0 Å². The highest BCUT2D eigenvalue weighted by Crippen LogP contribution is 2.25. The molecule has 112 valence electrons. The van der Waals surface area contributed by atoms with Crippen molar-refractivity contribution in [1.82, 2.24) is 9.29 Å². The number of halogens is 1. The van der Waals surface area contributed by atoms with Gasteiger partial charge in [-0.15, -0.1) is 11.6 Å². The molecule has 20 heavy (non-hydrogen) atoms. The van der Waals surface area contributed by atoms with E-state index in [0.29, 0.717) is 24.9 Å². The number of aromatic nitrogens is 1. The van der Waals surface area contributed by atoms with E-state index in [4.69, 9.17) is 11.6 Å². The van der Waals surface area contributed by atoms with Crippen molar-refractivity contribution in [3.8, 4) is 0 Å². The van der Waals surface area contributed by atoms with Crippen LogP contribution >= 0.6 is 11.6 Å². The van der Waals surface area contributed by atoms with Crippen molar-refractivity contribution in [2.75, 3.05) is 13.1 Å². The summed E-state index contributed by atoms with van der Waals surface area (Å²) < 4.78 is 26.5. The fraction of sp³-hybridized carbons (Fsp3) is 0.643. The molecular formula is C14H21ClN2O2S. The van der Waals surface area contributed by atoms with Crippen molar-refractivity contribution in [3.05, 3.63) is 23.9 Å². The lowest BCUT2D eigenvalue weighted by atomic mass is 9.94. The Kier molecular flexibility index (Phi) is 5.41. The van der Waals surface area contributed by atoms with Crippen LogP contribution in [0.25, 0.3) is 0 Å². The first-order chi connectivity index (χ1) is 9.57. The Hall–Kier alpha value is -0.650. The Labute approximate surface area is 126 Å². The standard InChI is InChI=1S/C14H21ClN2O2S/c1-2-3-12-6-8-17(9-7-12)20(18,19)14-5-4-13(10-15)11-16-14/h4-5,11-12H,2-3,6-10H2,1H3. The van der Waals surface area contributed by atoms with Crippen LogP contribution < -0.4 is 0 Å². The zero-order chi connectivity index (χ0) is 14.6. The van der Waals surface area contributed by atoms with E-state index in [9.17, 15) is 8.42 Å². The van der Waals surface area contributed by atoms with Gasteiger partial charge in [0.2, 0.25) is 0 Å². The second kappa shape index (κ2) is 6.87. The summed E-state index contributed by atoms with van der Waals surface area (Å²) in [5.41, 5.74) is 0.826. The number of nitrogens with zero attached hydrogens (tertiary/aromatic N) is 2. The van der Waals surface area contributed by atoms with Crippen LogP contribution in [0, 0.1) is 5.92 Å². The smallest absolute Gasteiger partial charge is 0.243 e. The normalized spacial score (nSPS) is 18.3. The molecule has 6 heteroatoms. The van der Waals surface area contributed by atoms with Gasteiger partial charge in [0.05, 0.1) is 0 Å². The highest BCUT2D eigenvalue weighted by Gasteiger charge is 2.29.